The summed E-state index contributed by atoms with van der Waals surface area (Å²) in [4.78, 5) is 0. The van der Waals surface area contributed by atoms with E-state index in [0.717, 1.165) is 74.4 Å². The largest absolute Gasteiger partial charge is 0.497 e. The summed E-state index contributed by atoms with van der Waals surface area (Å²) >= 11 is 0. The lowest BCUT2D eigenvalue weighted by atomic mass is 10.0. The quantitative estimate of drug-likeness (QED) is 0.0349. The Balaban J connectivity index is 5.45. The SMILES string of the molecule is CCCCCCCCCCC(OC)=C(OC)C(CCCCCCC)OCOCOC(CCCCCCC)C(OC)=C(CCCCCCCCCC)OC. The summed E-state index contributed by atoms with van der Waals surface area (Å²) in [7, 11) is 7.00. The average molecular weight is 755 g/mol. The molecule has 0 saturated carbocycles. The molecule has 2 unspecified atom stereocenters. The first-order valence-electron chi connectivity index (χ1n) is 22.5. The summed E-state index contributed by atoms with van der Waals surface area (Å²) in [5.74, 6) is 3.40. The van der Waals surface area contributed by atoms with Crippen LogP contribution < -0.4 is 0 Å². The van der Waals surface area contributed by atoms with Gasteiger partial charge in [0, 0.05) is 12.8 Å². The third kappa shape index (κ3) is 28.6. The third-order valence-electron chi connectivity index (χ3n) is 10.4. The minimum Gasteiger partial charge on any atom is -0.497 e. The van der Waals surface area contributed by atoms with E-state index >= 15 is 0 Å². The van der Waals surface area contributed by atoms with E-state index < -0.39 is 0 Å². The molecule has 0 heterocycles. The van der Waals surface area contributed by atoms with Gasteiger partial charge in [0.05, 0.1) is 28.4 Å². The Labute approximate surface area is 330 Å². The van der Waals surface area contributed by atoms with E-state index in [4.69, 9.17) is 33.2 Å². The van der Waals surface area contributed by atoms with Crippen LogP contribution in [-0.2, 0) is 33.2 Å². The topological polar surface area (TPSA) is 64.6 Å². The van der Waals surface area contributed by atoms with E-state index in [-0.39, 0.29) is 25.8 Å². The second-order valence-corrected chi connectivity index (χ2v) is 15.0. The number of hydrogen-bond donors (Lipinski definition) is 0. The van der Waals surface area contributed by atoms with Crippen molar-refractivity contribution in [2.45, 2.75) is 233 Å². The molecule has 0 N–H and O–H groups in total. The van der Waals surface area contributed by atoms with Crippen LogP contribution in [0.2, 0.25) is 0 Å². The second kappa shape index (κ2) is 40.2. The summed E-state index contributed by atoms with van der Waals surface area (Å²) in [6.07, 6.45) is 35.5. The monoisotopic (exact) mass is 755 g/mol. The van der Waals surface area contributed by atoms with Gasteiger partial charge in [-0.1, -0.05) is 182 Å². The van der Waals surface area contributed by atoms with Gasteiger partial charge in [-0.25, -0.2) is 0 Å². The number of rotatable bonds is 42. The first kappa shape index (κ1) is 51.6. The van der Waals surface area contributed by atoms with Gasteiger partial charge in [-0.3, -0.25) is 0 Å². The smallest absolute Gasteiger partial charge is 0.162 e. The molecule has 0 spiro atoms. The Hall–Kier alpha value is -1.44. The van der Waals surface area contributed by atoms with Gasteiger partial charge in [0.25, 0.3) is 0 Å². The molecule has 0 aliphatic rings. The van der Waals surface area contributed by atoms with Crippen LogP contribution in [0.3, 0.4) is 0 Å². The van der Waals surface area contributed by atoms with E-state index in [1.54, 1.807) is 28.4 Å². The maximum absolute atomic E-state index is 6.40. The van der Waals surface area contributed by atoms with Gasteiger partial charge in [-0.15, -0.1) is 0 Å². The molecule has 0 aliphatic heterocycles. The molecule has 0 aromatic carbocycles. The molecular formula is C46H90O7. The number of methoxy groups -OCH3 is 4. The number of ether oxygens (including phenoxy) is 7. The highest BCUT2D eigenvalue weighted by Gasteiger charge is 2.23. The lowest BCUT2D eigenvalue weighted by molar-refractivity contribution is -0.166. The second-order valence-electron chi connectivity index (χ2n) is 15.0. The van der Waals surface area contributed by atoms with Crippen molar-refractivity contribution in [3.05, 3.63) is 23.0 Å². The zero-order chi connectivity index (χ0) is 39.0. The van der Waals surface area contributed by atoms with Crippen LogP contribution >= 0.6 is 0 Å². The number of unbranched alkanes of at least 4 members (excludes halogenated alkanes) is 22. The Morgan fingerprint density at radius 1 is 0.340 bits per heavy atom. The molecule has 0 aliphatic carbocycles. The maximum Gasteiger partial charge on any atom is 0.162 e. The molecule has 0 aromatic rings. The molecule has 0 amide bonds. The normalized spacial score (nSPS) is 13.7. The lowest BCUT2D eigenvalue weighted by Crippen LogP contribution is -2.24. The minimum absolute atomic E-state index is 0.117. The van der Waals surface area contributed by atoms with Crippen molar-refractivity contribution in [1.29, 1.82) is 0 Å². The molecule has 7 nitrogen and oxygen atoms in total. The molecule has 0 bridgehead atoms. The number of allylic oxidation sites excluding steroid dienone is 2. The first-order valence-corrected chi connectivity index (χ1v) is 22.5. The predicted octanol–water partition coefficient (Wildman–Crippen LogP) is 14.5. The molecule has 0 fully saturated rings. The van der Waals surface area contributed by atoms with Gasteiger partial charge in [0.1, 0.15) is 23.7 Å². The van der Waals surface area contributed by atoms with Crippen molar-refractivity contribution in [3.8, 4) is 0 Å². The van der Waals surface area contributed by atoms with Crippen LogP contribution in [-0.4, -0.2) is 54.2 Å². The molecule has 0 radical (unpaired) electrons. The lowest BCUT2D eigenvalue weighted by Gasteiger charge is -2.24. The maximum atomic E-state index is 6.40. The fourth-order valence-corrected chi connectivity index (χ4v) is 7.08. The van der Waals surface area contributed by atoms with Gasteiger partial charge < -0.3 is 33.2 Å². The van der Waals surface area contributed by atoms with Crippen molar-refractivity contribution in [2.75, 3.05) is 42.0 Å². The summed E-state index contributed by atoms with van der Waals surface area (Å²) in [6.45, 7) is 9.28. The van der Waals surface area contributed by atoms with Crippen LogP contribution in [0.1, 0.15) is 220 Å². The molecule has 0 saturated heterocycles. The van der Waals surface area contributed by atoms with Gasteiger partial charge >= 0.3 is 0 Å². The van der Waals surface area contributed by atoms with Gasteiger partial charge in [-0.2, -0.15) is 0 Å². The van der Waals surface area contributed by atoms with Crippen molar-refractivity contribution in [1.82, 2.24) is 0 Å². The zero-order valence-electron chi connectivity index (χ0n) is 36.6. The molecular weight excluding hydrogens is 664 g/mol. The van der Waals surface area contributed by atoms with Crippen molar-refractivity contribution in [3.63, 3.8) is 0 Å². The molecule has 0 aromatic heterocycles. The van der Waals surface area contributed by atoms with Crippen LogP contribution in [0.15, 0.2) is 23.0 Å². The summed E-state index contributed by atoms with van der Waals surface area (Å²) < 4.78 is 42.7. The van der Waals surface area contributed by atoms with E-state index in [1.807, 2.05) is 0 Å². The van der Waals surface area contributed by atoms with Gasteiger partial charge in [-0.05, 0) is 25.7 Å². The van der Waals surface area contributed by atoms with Crippen LogP contribution in [0, 0.1) is 0 Å². The first-order chi connectivity index (χ1) is 26.1. The Kier molecular flexibility index (Phi) is 39.1. The number of hydrogen-bond acceptors (Lipinski definition) is 7. The highest BCUT2D eigenvalue weighted by atomic mass is 16.7. The van der Waals surface area contributed by atoms with E-state index in [0.29, 0.717) is 0 Å². The van der Waals surface area contributed by atoms with Crippen molar-refractivity contribution < 1.29 is 33.2 Å². The molecule has 316 valence electrons. The molecule has 0 rings (SSSR count). The highest BCUT2D eigenvalue weighted by molar-refractivity contribution is 5.08. The summed E-state index contributed by atoms with van der Waals surface area (Å²) in [6, 6.07) is 0. The average Bonchev–Trinajstić information content (AvgIpc) is 3.17. The van der Waals surface area contributed by atoms with E-state index in [2.05, 4.69) is 27.7 Å². The summed E-state index contributed by atoms with van der Waals surface area (Å²) in [5, 5.41) is 0. The van der Waals surface area contributed by atoms with Crippen LogP contribution in [0.4, 0.5) is 0 Å². The fourth-order valence-electron chi connectivity index (χ4n) is 7.08. The van der Waals surface area contributed by atoms with E-state index in [1.165, 1.54) is 141 Å². The summed E-state index contributed by atoms with van der Waals surface area (Å²) in [5.41, 5.74) is 0. The Morgan fingerprint density at radius 3 is 0.906 bits per heavy atom. The predicted molar refractivity (Wildman–Crippen MR) is 224 cm³/mol. The molecule has 7 heteroatoms. The Bertz CT molecular complexity index is 761. The van der Waals surface area contributed by atoms with Gasteiger partial charge in [0.15, 0.2) is 25.1 Å². The van der Waals surface area contributed by atoms with E-state index in [9.17, 15) is 0 Å². The molecule has 2 atom stereocenters. The Morgan fingerprint density at radius 2 is 0.623 bits per heavy atom. The van der Waals surface area contributed by atoms with Crippen molar-refractivity contribution >= 4 is 0 Å². The highest BCUT2D eigenvalue weighted by Crippen LogP contribution is 2.26. The zero-order valence-corrected chi connectivity index (χ0v) is 36.6. The standard InChI is InChI=1S/C46H90O7/c1-9-13-17-21-23-25-29-31-35-41(47-5)45(49-7)43(37-33-27-19-15-11-3)52-39-51-40-53-44(38-34-28-20-16-12-4)46(50-8)42(48-6)36-32-30-26-24-22-18-14-10-2/h43-44H,9-40H2,1-8H3. The van der Waals surface area contributed by atoms with Crippen LogP contribution in [0.25, 0.3) is 0 Å². The molecule has 53 heavy (non-hydrogen) atoms. The van der Waals surface area contributed by atoms with Gasteiger partial charge in [0.2, 0.25) is 0 Å². The van der Waals surface area contributed by atoms with Crippen molar-refractivity contribution in [2.24, 2.45) is 0 Å². The fraction of sp³-hybridized carbons (Fsp3) is 0.913. The minimum atomic E-state index is -0.221. The third-order valence-corrected chi connectivity index (χ3v) is 10.4. The van der Waals surface area contributed by atoms with Crippen LogP contribution in [0.5, 0.6) is 0 Å².